The van der Waals surface area contributed by atoms with Gasteiger partial charge in [0.25, 0.3) is 0 Å². The van der Waals surface area contributed by atoms with E-state index < -0.39 is 22.7 Å². The summed E-state index contributed by atoms with van der Waals surface area (Å²) in [5.41, 5.74) is 0. The Balaban J connectivity index is 4.03. The first-order valence-electron chi connectivity index (χ1n) is 15.5. The van der Waals surface area contributed by atoms with Crippen LogP contribution in [0.5, 0.6) is 0 Å². The van der Waals surface area contributed by atoms with E-state index >= 15 is 0 Å². The molecule has 3 atom stereocenters. The number of hydrogen-bond acceptors (Lipinski definition) is 5. The second-order valence-electron chi connectivity index (χ2n) is 14.1. The minimum atomic E-state index is -1.75. The average molecular weight is 613 g/mol. The van der Waals surface area contributed by atoms with Crippen LogP contribution in [0, 0.1) is 0 Å². The van der Waals surface area contributed by atoms with Gasteiger partial charge in [0.2, 0.25) is 0 Å². The molecule has 10 heteroatoms. The highest BCUT2D eigenvalue weighted by molar-refractivity contribution is 7.36. The molecule has 0 heterocycles. The molecule has 0 aromatic carbocycles. The molecule has 236 valence electrons. The number of ether oxygens (including phenoxy) is 2. The molecule has 0 saturated carbocycles. The zero-order valence-corrected chi connectivity index (χ0v) is 30.7. The molecule has 0 fully saturated rings. The third kappa shape index (κ3) is 23.8. The molecule has 39 heavy (non-hydrogen) atoms. The Morgan fingerprint density at radius 3 is 1.62 bits per heavy atom. The van der Waals surface area contributed by atoms with Crippen molar-refractivity contribution in [2.24, 2.45) is 0 Å². The van der Waals surface area contributed by atoms with E-state index in [9.17, 15) is 10.2 Å². The van der Waals surface area contributed by atoms with Gasteiger partial charge in [0.05, 0.1) is 66.9 Å². The first-order chi connectivity index (χ1) is 18.0. The summed E-state index contributed by atoms with van der Waals surface area (Å²) in [4.78, 5) is 0. The summed E-state index contributed by atoms with van der Waals surface area (Å²) in [6, 6.07) is 2.16. The van der Waals surface area contributed by atoms with Crippen molar-refractivity contribution >= 4 is 25.2 Å². The van der Waals surface area contributed by atoms with E-state index in [1.54, 1.807) is 0 Å². The highest BCUT2D eigenvalue weighted by atomic mass is 31.1. The molecule has 0 bridgehead atoms. The molecule has 0 aliphatic rings. The van der Waals surface area contributed by atoms with Crippen molar-refractivity contribution in [3.05, 3.63) is 0 Å². The van der Waals surface area contributed by atoms with Crippen LogP contribution in [0.1, 0.15) is 51.9 Å². The Hall–Kier alpha value is 0.584. The van der Waals surface area contributed by atoms with Crippen LogP contribution in [0.15, 0.2) is 0 Å². The SMILES string of the molecule is CCC(O)COCCC[Si](C)(C)O[Si](C)(C)CCCOCC(O)C[N+](C)(C)CCCCCC[N+](C)(C)CPC. The first-order valence-corrected chi connectivity index (χ1v) is 23.5. The smallest absolute Gasteiger partial charge is 0.173 e. The number of hydrogen-bond donors (Lipinski definition) is 2. The summed E-state index contributed by atoms with van der Waals surface area (Å²) in [5, 5.41) is 20.2. The maximum atomic E-state index is 10.6. The molecule has 2 N–H and O–H groups in total. The predicted octanol–water partition coefficient (Wildman–Crippen LogP) is 5.34. The third-order valence-corrected chi connectivity index (χ3v) is 16.1. The highest BCUT2D eigenvalue weighted by Crippen LogP contribution is 2.24. The maximum Gasteiger partial charge on any atom is 0.173 e. The van der Waals surface area contributed by atoms with Gasteiger partial charge in [-0.3, -0.25) is 0 Å². The van der Waals surface area contributed by atoms with Crippen molar-refractivity contribution < 1.29 is 32.8 Å². The van der Waals surface area contributed by atoms with Gasteiger partial charge in [-0.05, 0) is 89.9 Å². The van der Waals surface area contributed by atoms with Crippen molar-refractivity contribution in [3.63, 3.8) is 0 Å². The summed E-state index contributed by atoms with van der Waals surface area (Å²) in [6.45, 7) is 18.9. The number of aliphatic hydroxyl groups excluding tert-OH is 2. The van der Waals surface area contributed by atoms with Gasteiger partial charge in [0.15, 0.2) is 16.6 Å². The second-order valence-corrected chi connectivity index (χ2v) is 24.0. The first kappa shape index (κ1) is 39.6. The molecule has 0 amide bonds. The standard InChI is InChI=1S/C29H69N2O5PSi2/c1-11-28(32)25-34-20-16-22-38(7,8)36-39(9,10)23-17-21-35-26-29(33)24-30(2,3)18-14-12-13-15-19-31(4,5)27-37-6/h28-29,32-33,37H,11-27H2,1-10H3/q+2. The zero-order valence-electron chi connectivity index (χ0n) is 27.7. The van der Waals surface area contributed by atoms with Gasteiger partial charge in [-0.2, -0.15) is 0 Å². The van der Waals surface area contributed by atoms with Crippen molar-refractivity contribution in [3.8, 4) is 0 Å². The summed E-state index contributed by atoms with van der Waals surface area (Å²) in [6.07, 6.45) is 8.36. The van der Waals surface area contributed by atoms with Gasteiger partial charge in [-0.1, -0.05) is 15.5 Å². The molecule has 0 spiro atoms. The topological polar surface area (TPSA) is 68.2 Å². The molecular weight excluding hydrogens is 543 g/mol. The van der Waals surface area contributed by atoms with Crippen molar-refractivity contribution in [1.82, 2.24) is 0 Å². The van der Waals surface area contributed by atoms with Crippen LogP contribution in [-0.4, -0.2) is 135 Å². The van der Waals surface area contributed by atoms with Crippen LogP contribution in [0.4, 0.5) is 0 Å². The molecule has 0 rings (SSSR count). The van der Waals surface area contributed by atoms with Crippen LogP contribution in [0.25, 0.3) is 0 Å². The van der Waals surface area contributed by atoms with E-state index in [1.165, 1.54) is 38.5 Å². The summed E-state index contributed by atoms with van der Waals surface area (Å²) in [5.74, 6) is 0. The van der Waals surface area contributed by atoms with Gasteiger partial charge in [-0.15, -0.1) is 0 Å². The summed E-state index contributed by atoms with van der Waals surface area (Å²) >= 11 is 0. The lowest BCUT2D eigenvalue weighted by atomic mass is 10.1. The number of likely N-dealkylation sites (N-methyl/N-ethyl adjacent to an activating group) is 1. The fraction of sp³-hybridized carbons (Fsp3) is 1.00. The lowest BCUT2D eigenvalue weighted by Gasteiger charge is -2.34. The molecular formula is C29H69N2O5PSi2+2. The van der Waals surface area contributed by atoms with Crippen LogP contribution in [0.3, 0.4) is 0 Å². The molecule has 0 aromatic rings. The van der Waals surface area contributed by atoms with E-state index in [0.717, 1.165) is 62.0 Å². The fourth-order valence-corrected chi connectivity index (χ4v) is 15.1. The molecule has 3 unspecified atom stereocenters. The van der Waals surface area contributed by atoms with Gasteiger partial charge < -0.3 is 32.8 Å². The van der Waals surface area contributed by atoms with E-state index in [2.05, 4.69) is 61.0 Å². The lowest BCUT2D eigenvalue weighted by Crippen LogP contribution is -2.47. The molecule has 7 nitrogen and oxygen atoms in total. The molecule has 0 radical (unpaired) electrons. The average Bonchev–Trinajstić information content (AvgIpc) is 2.79. The van der Waals surface area contributed by atoms with Gasteiger partial charge in [0.1, 0.15) is 12.6 Å². The van der Waals surface area contributed by atoms with E-state index in [4.69, 9.17) is 13.6 Å². The fourth-order valence-electron chi connectivity index (χ4n) is 5.26. The number of quaternary nitrogens is 2. The van der Waals surface area contributed by atoms with Gasteiger partial charge in [-0.25, -0.2) is 0 Å². The van der Waals surface area contributed by atoms with Crippen LogP contribution >= 0.6 is 8.58 Å². The molecule has 0 aliphatic carbocycles. The van der Waals surface area contributed by atoms with E-state index in [1.807, 2.05) is 6.92 Å². The second kappa shape index (κ2) is 20.5. The monoisotopic (exact) mass is 612 g/mol. The van der Waals surface area contributed by atoms with Crippen molar-refractivity contribution in [2.75, 3.05) is 87.2 Å². The van der Waals surface area contributed by atoms with Crippen molar-refractivity contribution in [1.29, 1.82) is 0 Å². The summed E-state index contributed by atoms with van der Waals surface area (Å²) in [7, 11) is 6.69. The molecule has 0 aromatic heterocycles. The van der Waals surface area contributed by atoms with E-state index in [0.29, 0.717) is 26.4 Å². The molecule has 0 saturated heterocycles. The van der Waals surface area contributed by atoms with Crippen LogP contribution < -0.4 is 0 Å². The number of unbranched alkanes of at least 4 members (excludes halogenated alkanes) is 3. The number of aliphatic hydroxyl groups is 2. The van der Waals surface area contributed by atoms with Gasteiger partial charge in [0, 0.05) is 13.2 Å². The quantitative estimate of drug-likeness (QED) is 0.0598. The van der Waals surface area contributed by atoms with Crippen molar-refractivity contribution in [2.45, 2.75) is 102 Å². The number of nitrogens with zero attached hydrogens (tertiary/aromatic N) is 2. The Morgan fingerprint density at radius 1 is 0.692 bits per heavy atom. The lowest BCUT2D eigenvalue weighted by molar-refractivity contribution is -0.893. The third-order valence-electron chi connectivity index (χ3n) is 7.35. The summed E-state index contributed by atoms with van der Waals surface area (Å²) < 4.78 is 20.2. The zero-order chi connectivity index (χ0) is 30.0. The maximum absolute atomic E-state index is 10.6. The minimum absolute atomic E-state index is 0.348. The normalized spacial score (nSPS) is 15.4. The largest absolute Gasteiger partial charge is 0.455 e. The Morgan fingerprint density at radius 2 is 1.15 bits per heavy atom. The van der Waals surface area contributed by atoms with Gasteiger partial charge >= 0.3 is 0 Å². The Labute approximate surface area is 247 Å². The highest BCUT2D eigenvalue weighted by Gasteiger charge is 2.32. The minimum Gasteiger partial charge on any atom is -0.455 e. The Kier molecular flexibility index (Phi) is 20.8. The number of rotatable bonds is 26. The van der Waals surface area contributed by atoms with E-state index in [-0.39, 0.29) is 6.10 Å². The van der Waals surface area contributed by atoms with Crippen LogP contribution in [-0.2, 0) is 13.6 Å². The Bertz CT molecular complexity index is 612. The van der Waals surface area contributed by atoms with Crippen LogP contribution in [0.2, 0.25) is 38.3 Å². The molecule has 0 aliphatic heterocycles. The predicted molar refractivity (Wildman–Crippen MR) is 175 cm³/mol.